The van der Waals surface area contributed by atoms with Crippen LogP contribution in [-0.2, 0) is 14.8 Å². The van der Waals surface area contributed by atoms with Crippen LogP contribution in [0.4, 0.5) is 0 Å². The molecule has 0 aliphatic heterocycles. The fourth-order valence-corrected chi connectivity index (χ4v) is 2.48. The second-order valence-electron chi connectivity index (χ2n) is 4.36. The minimum absolute atomic E-state index is 0.129. The lowest BCUT2D eigenvalue weighted by Crippen LogP contribution is -2.40. The van der Waals surface area contributed by atoms with Gasteiger partial charge in [-0.05, 0) is 25.5 Å². The Labute approximate surface area is 107 Å². The van der Waals surface area contributed by atoms with Crippen LogP contribution in [0.25, 0.3) is 0 Å². The van der Waals surface area contributed by atoms with E-state index in [4.69, 9.17) is 5.11 Å². The molecule has 6 heteroatoms. The molecule has 0 aromatic heterocycles. The highest BCUT2D eigenvalue weighted by molar-refractivity contribution is 7.89. The Morgan fingerprint density at radius 1 is 1.33 bits per heavy atom. The van der Waals surface area contributed by atoms with Crippen molar-refractivity contribution in [1.82, 2.24) is 4.72 Å². The average Bonchev–Trinajstić information content (AvgIpc) is 2.37. The smallest absolute Gasteiger partial charge is 0.310 e. The molecule has 0 aliphatic rings. The topological polar surface area (TPSA) is 83.5 Å². The summed E-state index contributed by atoms with van der Waals surface area (Å²) in [5.41, 5.74) is -1.10. The molecular weight excluding hydrogens is 254 g/mol. The highest BCUT2D eigenvalue weighted by Gasteiger charge is 2.32. The number of carbonyl (C=O) groups is 1. The summed E-state index contributed by atoms with van der Waals surface area (Å²) in [6, 6.07) is 7.88. The fraction of sp³-hybridized carbons (Fsp3) is 0.417. The molecule has 1 rings (SSSR count). The van der Waals surface area contributed by atoms with Crippen molar-refractivity contribution in [3.63, 3.8) is 0 Å². The summed E-state index contributed by atoms with van der Waals surface area (Å²) in [6.45, 7) is 3.10. The standard InChI is InChI=1S/C12H17NO4S/c1-3-12(2,11(14)15)9-13-18(16,17)10-7-5-4-6-8-10/h4-8,13H,3,9H2,1-2H3,(H,14,15). The molecular formula is C12H17NO4S. The monoisotopic (exact) mass is 271 g/mol. The van der Waals surface area contributed by atoms with Gasteiger partial charge in [0, 0.05) is 6.54 Å². The summed E-state index contributed by atoms with van der Waals surface area (Å²) in [7, 11) is -3.65. The Balaban J connectivity index is 2.83. The number of carboxylic acid groups (broad SMARTS) is 1. The van der Waals surface area contributed by atoms with E-state index in [-0.39, 0.29) is 11.4 Å². The van der Waals surface area contributed by atoms with Crippen LogP contribution in [0.15, 0.2) is 35.2 Å². The van der Waals surface area contributed by atoms with Gasteiger partial charge in [-0.2, -0.15) is 0 Å². The second-order valence-corrected chi connectivity index (χ2v) is 6.12. The Morgan fingerprint density at radius 2 is 1.89 bits per heavy atom. The molecule has 0 aliphatic carbocycles. The van der Waals surface area contributed by atoms with Gasteiger partial charge in [0.25, 0.3) is 0 Å². The Kier molecular flexibility index (Phi) is 4.48. The summed E-state index contributed by atoms with van der Waals surface area (Å²) >= 11 is 0. The molecule has 100 valence electrons. The largest absolute Gasteiger partial charge is 0.481 e. The van der Waals surface area contributed by atoms with Gasteiger partial charge in [0.15, 0.2) is 0 Å². The molecule has 1 atom stereocenters. The summed E-state index contributed by atoms with van der Waals surface area (Å²) in [5.74, 6) is -1.01. The Hall–Kier alpha value is -1.40. The quantitative estimate of drug-likeness (QED) is 0.820. The van der Waals surface area contributed by atoms with Gasteiger partial charge in [0.1, 0.15) is 0 Å². The molecule has 0 amide bonds. The lowest BCUT2D eigenvalue weighted by molar-refractivity contribution is -0.147. The van der Waals surface area contributed by atoms with Crippen molar-refractivity contribution in [2.24, 2.45) is 5.41 Å². The van der Waals surface area contributed by atoms with Crippen LogP contribution in [0.2, 0.25) is 0 Å². The number of aliphatic carboxylic acids is 1. The van der Waals surface area contributed by atoms with Crippen molar-refractivity contribution in [3.8, 4) is 0 Å². The van der Waals surface area contributed by atoms with E-state index in [1.54, 1.807) is 25.1 Å². The van der Waals surface area contributed by atoms with E-state index in [1.807, 2.05) is 0 Å². The summed E-state index contributed by atoms with van der Waals surface area (Å²) in [6.07, 6.45) is 0.347. The summed E-state index contributed by atoms with van der Waals surface area (Å²) < 4.78 is 26.2. The molecule has 0 spiro atoms. The molecule has 18 heavy (non-hydrogen) atoms. The van der Waals surface area contributed by atoms with Crippen molar-refractivity contribution >= 4 is 16.0 Å². The van der Waals surface area contributed by atoms with Gasteiger partial charge < -0.3 is 5.11 Å². The van der Waals surface area contributed by atoms with Crippen LogP contribution in [0.1, 0.15) is 20.3 Å². The summed E-state index contributed by atoms with van der Waals surface area (Å²) in [5, 5.41) is 9.07. The van der Waals surface area contributed by atoms with Crippen molar-refractivity contribution in [2.75, 3.05) is 6.54 Å². The molecule has 1 unspecified atom stereocenters. The highest BCUT2D eigenvalue weighted by atomic mass is 32.2. The molecule has 0 saturated carbocycles. The molecule has 0 fully saturated rings. The predicted molar refractivity (Wildman–Crippen MR) is 67.7 cm³/mol. The van der Waals surface area contributed by atoms with Crippen molar-refractivity contribution in [3.05, 3.63) is 30.3 Å². The van der Waals surface area contributed by atoms with Gasteiger partial charge in [-0.1, -0.05) is 25.1 Å². The van der Waals surface area contributed by atoms with Gasteiger partial charge in [-0.25, -0.2) is 13.1 Å². The van der Waals surface area contributed by atoms with E-state index < -0.39 is 21.4 Å². The average molecular weight is 271 g/mol. The van der Waals surface area contributed by atoms with E-state index in [2.05, 4.69) is 4.72 Å². The zero-order valence-electron chi connectivity index (χ0n) is 10.4. The molecule has 0 radical (unpaired) electrons. The number of sulfonamides is 1. The number of rotatable bonds is 6. The van der Waals surface area contributed by atoms with Crippen LogP contribution < -0.4 is 4.72 Å². The normalized spacial score (nSPS) is 15.0. The van der Waals surface area contributed by atoms with E-state index >= 15 is 0 Å². The minimum Gasteiger partial charge on any atom is -0.481 e. The van der Waals surface area contributed by atoms with Crippen LogP contribution in [-0.4, -0.2) is 26.0 Å². The van der Waals surface area contributed by atoms with E-state index in [1.165, 1.54) is 19.1 Å². The van der Waals surface area contributed by atoms with E-state index in [9.17, 15) is 13.2 Å². The van der Waals surface area contributed by atoms with E-state index in [0.717, 1.165) is 0 Å². The Bertz CT molecular complexity index is 512. The number of carboxylic acids is 1. The lowest BCUT2D eigenvalue weighted by Gasteiger charge is -2.23. The summed E-state index contributed by atoms with van der Waals surface area (Å²) in [4.78, 5) is 11.2. The van der Waals surface area contributed by atoms with Crippen LogP contribution in [0.5, 0.6) is 0 Å². The van der Waals surface area contributed by atoms with Gasteiger partial charge in [-0.15, -0.1) is 0 Å². The van der Waals surface area contributed by atoms with Crippen LogP contribution in [0, 0.1) is 5.41 Å². The third kappa shape index (κ3) is 3.30. The third-order valence-electron chi connectivity index (χ3n) is 3.00. The van der Waals surface area contributed by atoms with Gasteiger partial charge in [-0.3, -0.25) is 4.79 Å². The fourth-order valence-electron chi connectivity index (χ4n) is 1.29. The maximum atomic E-state index is 11.9. The maximum Gasteiger partial charge on any atom is 0.310 e. The van der Waals surface area contributed by atoms with E-state index in [0.29, 0.717) is 6.42 Å². The first-order chi connectivity index (χ1) is 8.32. The van der Waals surface area contributed by atoms with Crippen LogP contribution in [0.3, 0.4) is 0 Å². The van der Waals surface area contributed by atoms with Gasteiger partial charge >= 0.3 is 5.97 Å². The highest BCUT2D eigenvalue weighted by Crippen LogP contribution is 2.21. The number of hydrogen-bond acceptors (Lipinski definition) is 3. The molecule has 0 bridgehead atoms. The Morgan fingerprint density at radius 3 is 2.33 bits per heavy atom. The molecule has 1 aromatic rings. The third-order valence-corrected chi connectivity index (χ3v) is 4.42. The molecule has 5 nitrogen and oxygen atoms in total. The first-order valence-electron chi connectivity index (χ1n) is 5.60. The zero-order chi connectivity index (χ0) is 13.8. The van der Waals surface area contributed by atoms with Crippen molar-refractivity contribution in [2.45, 2.75) is 25.2 Å². The molecule has 2 N–H and O–H groups in total. The van der Waals surface area contributed by atoms with Gasteiger partial charge in [0.2, 0.25) is 10.0 Å². The number of benzene rings is 1. The number of hydrogen-bond donors (Lipinski definition) is 2. The first kappa shape index (κ1) is 14.7. The number of nitrogens with one attached hydrogen (secondary N) is 1. The molecule has 0 saturated heterocycles. The second kappa shape index (κ2) is 5.49. The minimum atomic E-state index is -3.65. The lowest BCUT2D eigenvalue weighted by atomic mass is 9.88. The van der Waals surface area contributed by atoms with Crippen molar-refractivity contribution in [1.29, 1.82) is 0 Å². The first-order valence-corrected chi connectivity index (χ1v) is 7.08. The molecule has 1 aromatic carbocycles. The SMILES string of the molecule is CCC(C)(CNS(=O)(=O)c1ccccc1)C(=O)O. The van der Waals surface area contributed by atoms with Crippen LogP contribution >= 0.6 is 0 Å². The van der Waals surface area contributed by atoms with Gasteiger partial charge in [0.05, 0.1) is 10.3 Å². The predicted octanol–water partition coefficient (Wildman–Crippen LogP) is 1.47. The van der Waals surface area contributed by atoms with Crippen molar-refractivity contribution < 1.29 is 18.3 Å². The maximum absolute atomic E-state index is 11.9. The zero-order valence-corrected chi connectivity index (χ0v) is 11.2. The molecule has 0 heterocycles.